The van der Waals surface area contributed by atoms with Gasteiger partial charge >= 0.3 is 0 Å². The van der Waals surface area contributed by atoms with Crippen molar-refractivity contribution in [1.29, 1.82) is 0 Å². The SMILES string of the molecule is CC(O)C1(N)CCCCC1. The van der Waals surface area contributed by atoms with E-state index < -0.39 is 0 Å². The fourth-order valence-electron chi connectivity index (χ4n) is 1.63. The number of nitrogens with two attached hydrogens (primary N) is 1. The topological polar surface area (TPSA) is 46.2 Å². The summed E-state index contributed by atoms with van der Waals surface area (Å²) in [5.41, 5.74) is 5.69. The molecule has 3 N–H and O–H groups in total. The number of aliphatic hydroxyl groups excluding tert-OH is 1. The van der Waals surface area contributed by atoms with E-state index >= 15 is 0 Å². The maximum absolute atomic E-state index is 9.31. The molecule has 2 nitrogen and oxygen atoms in total. The quantitative estimate of drug-likeness (QED) is 0.576. The van der Waals surface area contributed by atoms with Crippen molar-refractivity contribution < 1.29 is 5.11 Å². The molecule has 0 amide bonds. The molecule has 1 fully saturated rings. The van der Waals surface area contributed by atoms with Gasteiger partial charge in [-0.3, -0.25) is 0 Å². The molecule has 0 heterocycles. The lowest BCUT2D eigenvalue weighted by atomic mass is 9.79. The highest BCUT2D eigenvalue weighted by Crippen LogP contribution is 2.28. The van der Waals surface area contributed by atoms with Gasteiger partial charge in [0.2, 0.25) is 0 Å². The molecule has 1 rings (SSSR count). The maximum atomic E-state index is 9.31. The molecule has 0 aromatic rings. The number of hydrogen-bond acceptors (Lipinski definition) is 2. The van der Waals surface area contributed by atoms with Crippen molar-refractivity contribution in [2.24, 2.45) is 5.73 Å². The smallest absolute Gasteiger partial charge is 0.0691 e. The molecule has 1 saturated carbocycles. The third-order valence-corrected chi connectivity index (χ3v) is 2.62. The summed E-state index contributed by atoms with van der Waals surface area (Å²) in [5.74, 6) is 0. The van der Waals surface area contributed by atoms with Gasteiger partial charge in [-0.2, -0.15) is 0 Å². The molecule has 1 unspecified atom stereocenters. The molecule has 1 aliphatic rings. The first-order valence-electron chi connectivity index (χ1n) is 4.12. The molecule has 1 atom stereocenters. The monoisotopic (exact) mass is 143 g/mol. The van der Waals surface area contributed by atoms with E-state index in [9.17, 15) is 5.11 Å². The summed E-state index contributed by atoms with van der Waals surface area (Å²) in [5, 5.41) is 9.31. The fraction of sp³-hybridized carbons (Fsp3) is 1.00. The van der Waals surface area contributed by atoms with Gasteiger partial charge in [0.25, 0.3) is 0 Å². The second-order valence-corrected chi connectivity index (χ2v) is 3.47. The van der Waals surface area contributed by atoms with Crippen LogP contribution >= 0.6 is 0 Å². The molecule has 0 saturated heterocycles. The van der Waals surface area contributed by atoms with Gasteiger partial charge in [0.05, 0.1) is 6.10 Å². The Balaban J connectivity index is 2.48. The largest absolute Gasteiger partial charge is 0.392 e. The van der Waals surface area contributed by atoms with E-state index in [-0.39, 0.29) is 11.6 Å². The molecule has 0 aromatic carbocycles. The molecule has 0 spiro atoms. The van der Waals surface area contributed by atoms with Gasteiger partial charge in [-0.1, -0.05) is 19.3 Å². The van der Waals surface area contributed by atoms with Crippen molar-refractivity contribution in [3.05, 3.63) is 0 Å². The first kappa shape index (κ1) is 8.02. The summed E-state index contributed by atoms with van der Waals surface area (Å²) < 4.78 is 0. The lowest BCUT2D eigenvalue weighted by molar-refractivity contribution is 0.0742. The average molecular weight is 143 g/mol. The van der Waals surface area contributed by atoms with Crippen LogP contribution < -0.4 is 5.73 Å². The Kier molecular flexibility index (Phi) is 2.32. The lowest BCUT2D eigenvalue weighted by Gasteiger charge is -2.35. The Hall–Kier alpha value is -0.0800. The predicted octanol–water partition coefficient (Wildman–Crippen LogP) is 1.03. The van der Waals surface area contributed by atoms with Gasteiger partial charge in [-0.25, -0.2) is 0 Å². The van der Waals surface area contributed by atoms with Crippen molar-refractivity contribution in [1.82, 2.24) is 0 Å². The predicted molar refractivity (Wildman–Crippen MR) is 41.7 cm³/mol. The summed E-state index contributed by atoms with van der Waals surface area (Å²) in [4.78, 5) is 0. The summed E-state index contributed by atoms with van der Waals surface area (Å²) in [6, 6.07) is 0. The minimum atomic E-state index is -0.340. The van der Waals surface area contributed by atoms with Crippen LogP contribution in [0.15, 0.2) is 0 Å². The molecule has 60 valence electrons. The van der Waals surface area contributed by atoms with Crippen LogP contribution in [0.4, 0.5) is 0 Å². The fourth-order valence-corrected chi connectivity index (χ4v) is 1.63. The number of rotatable bonds is 1. The minimum absolute atomic E-state index is 0.266. The highest BCUT2D eigenvalue weighted by atomic mass is 16.3. The zero-order valence-electron chi connectivity index (χ0n) is 6.64. The molecule has 0 radical (unpaired) electrons. The Morgan fingerprint density at radius 3 is 2.10 bits per heavy atom. The lowest BCUT2D eigenvalue weighted by Crippen LogP contribution is -2.50. The van der Waals surface area contributed by atoms with Crippen LogP contribution in [0.3, 0.4) is 0 Å². The molecule has 0 bridgehead atoms. The van der Waals surface area contributed by atoms with Gasteiger partial charge in [0.1, 0.15) is 0 Å². The first-order valence-corrected chi connectivity index (χ1v) is 4.12. The van der Waals surface area contributed by atoms with Crippen molar-refractivity contribution in [3.63, 3.8) is 0 Å². The molecule has 0 aromatic heterocycles. The molecule has 10 heavy (non-hydrogen) atoms. The van der Waals surface area contributed by atoms with Crippen molar-refractivity contribution in [2.45, 2.75) is 50.7 Å². The van der Waals surface area contributed by atoms with E-state index in [1.165, 1.54) is 19.3 Å². The third-order valence-electron chi connectivity index (χ3n) is 2.62. The average Bonchev–Trinajstić information content (AvgIpc) is 1.89. The first-order chi connectivity index (χ1) is 4.65. The number of hydrogen-bond donors (Lipinski definition) is 2. The highest BCUT2D eigenvalue weighted by Gasteiger charge is 2.31. The Morgan fingerprint density at radius 2 is 1.80 bits per heavy atom. The van der Waals surface area contributed by atoms with Crippen LogP contribution in [-0.4, -0.2) is 16.7 Å². The Bertz CT molecular complexity index is 106. The van der Waals surface area contributed by atoms with Crippen LogP contribution in [0.2, 0.25) is 0 Å². The van der Waals surface area contributed by atoms with Gasteiger partial charge in [0.15, 0.2) is 0 Å². The highest BCUT2D eigenvalue weighted by molar-refractivity contribution is 4.91. The van der Waals surface area contributed by atoms with Gasteiger partial charge < -0.3 is 10.8 Å². The summed E-state index contributed by atoms with van der Waals surface area (Å²) in [7, 11) is 0. The van der Waals surface area contributed by atoms with Gasteiger partial charge in [-0.05, 0) is 19.8 Å². The van der Waals surface area contributed by atoms with Crippen LogP contribution in [0, 0.1) is 0 Å². The van der Waals surface area contributed by atoms with Crippen molar-refractivity contribution in [3.8, 4) is 0 Å². The molecular formula is C8H17NO. The maximum Gasteiger partial charge on any atom is 0.0691 e. The molecular weight excluding hydrogens is 126 g/mol. The minimum Gasteiger partial charge on any atom is -0.392 e. The van der Waals surface area contributed by atoms with Crippen LogP contribution in [0.1, 0.15) is 39.0 Å². The standard InChI is InChI=1S/C8H17NO/c1-7(10)8(9)5-3-2-4-6-8/h7,10H,2-6,9H2,1H3. The zero-order valence-corrected chi connectivity index (χ0v) is 6.64. The van der Waals surface area contributed by atoms with Crippen LogP contribution in [-0.2, 0) is 0 Å². The van der Waals surface area contributed by atoms with E-state index in [1.54, 1.807) is 6.92 Å². The van der Waals surface area contributed by atoms with E-state index in [4.69, 9.17) is 5.73 Å². The third kappa shape index (κ3) is 1.50. The van der Waals surface area contributed by atoms with Crippen molar-refractivity contribution >= 4 is 0 Å². The van der Waals surface area contributed by atoms with Crippen LogP contribution in [0.25, 0.3) is 0 Å². The van der Waals surface area contributed by atoms with E-state index in [0.29, 0.717) is 0 Å². The van der Waals surface area contributed by atoms with E-state index in [0.717, 1.165) is 12.8 Å². The van der Waals surface area contributed by atoms with Gasteiger partial charge in [0, 0.05) is 5.54 Å². The molecule has 2 heteroatoms. The second-order valence-electron chi connectivity index (χ2n) is 3.47. The molecule has 0 aliphatic heterocycles. The van der Waals surface area contributed by atoms with Crippen LogP contribution in [0.5, 0.6) is 0 Å². The summed E-state index contributed by atoms with van der Waals surface area (Å²) >= 11 is 0. The summed E-state index contributed by atoms with van der Waals surface area (Å²) in [6.45, 7) is 1.80. The number of aliphatic hydroxyl groups is 1. The Morgan fingerprint density at radius 1 is 1.30 bits per heavy atom. The van der Waals surface area contributed by atoms with Crippen molar-refractivity contribution in [2.75, 3.05) is 0 Å². The van der Waals surface area contributed by atoms with E-state index in [1.807, 2.05) is 0 Å². The van der Waals surface area contributed by atoms with E-state index in [2.05, 4.69) is 0 Å². The Labute approximate surface area is 62.4 Å². The van der Waals surface area contributed by atoms with Gasteiger partial charge in [-0.15, -0.1) is 0 Å². The summed E-state index contributed by atoms with van der Waals surface area (Å²) in [6.07, 6.45) is 5.29. The second kappa shape index (κ2) is 2.89. The molecule has 1 aliphatic carbocycles. The zero-order chi connectivity index (χ0) is 7.61. The normalized spacial score (nSPS) is 27.9.